The van der Waals surface area contributed by atoms with E-state index in [0.717, 1.165) is 57.1 Å². The number of hydrogen-bond acceptors (Lipinski definition) is 4. The fraction of sp³-hybridized carbons (Fsp3) is 0.455. The van der Waals surface area contributed by atoms with Gasteiger partial charge in [0.25, 0.3) is 5.91 Å². The van der Waals surface area contributed by atoms with Crippen LogP contribution >= 0.6 is 0 Å². The van der Waals surface area contributed by atoms with Crippen LogP contribution in [0.15, 0.2) is 48.8 Å². The molecule has 0 radical (unpaired) electrons. The van der Waals surface area contributed by atoms with Crippen molar-refractivity contribution in [2.45, 2.75) is 32.7 Å². The quantitative estimate of drug-likeness (QED) is 0.669. The van der Waals surface area contributed by atoms with E-state index in [1.165, 1.54) is 18.4 Å². The second-order valence-electron chi connectivity index (χ2n) is 7.00. The van der Waals surface area contributed by atoms with Crippen LogP contribution in [0, 0.1) is 0 Å². The third-order valence-electron chi connectivity index (χ3n) is 4.93. The number of piperazine rings is 1. The first-order valence-corrected chi connectivity index (χ1v) is 9.89. The summed E-state index contributed by atoms with van der Waals surface area (Å²) in [6.45, 7) is 7.15. The summed E-state index contributed by atoms with van der Waals surface area (Å²) in [5.74, 6) is 0.945. The molecule has 5 nitrogen and oxygen atoms in total. The largest absolute Gasteiger partial charge is 0.494 e. The summed E-state index contributed by atoms with van der Waals surface area (Å²) in [6, 6.07) is 11.6. The van der Waals surface area contributed by atoms with Gasteiger partial charge in [0.1, 0.15) is 5.75 Å². The molecular formula is C22H29N3O2. The molecule has 1 aliphatic rings. The third kappa shape index (κ3) is 5.79. The molecule has 0 bridgehead atoms. The van der Waals surface area contributed by atoms with Crippen LogP contribution in [-0.2, 0) is 6.54 Å². The van der Waals surface area contributed by atoms with Crippen molar-refractivity contribution in [3.63, 3.8) is 0 Å². The summed E-state index contributed by atoms with van der Waals surface area (Å²) in [6.07, 6.45) is 7.09. The van der Waals surface area contributed by atoms with Crippen LogP contribution in [-0.4, -0.2) is 53.5 Å². The van der Waals surface area contributed by atoms with Gasteiger partial charge in [0.05, 0.1) is 6.61 Å². The fourth-order valence-corrected chi connectivity index (χ4v) is 3.27. The van der Waals surface area contributed by atoms with Gasteiger partial charge in [-0.05, 0) is 48.4 Å². The maximum atomic E-state index is 12.7. The molecule has 2 aromatic rings. The van der Waals surface area contributed by atoms with Gasteiger partial charge in [-0.15, -0.1) is 0 Å². The van der Waals surface area contributed by atoms with Crippen LogP contribution in [0.3, 0.4) is 0 Å². The van der Waals surface area contributed by atoms with Crippen LogP contribution in [0.5, 0.6) is 5.75 Å². The summed E-state index contributed by atoms with van der Waals surface area (Å²) in [5.41, 5.74) is 2.00. The summed E-state index contributed by atoms with van der Waals surface area (Å²) < 4.78 is 5.72. The number of amides is 1. The number of unbranched alkanes of at least 4 members (excludes halogenated alkanes) is 2. The molecule has 27 heavy (non-hydrogen) atoms. The Morgan fingerprint density at radius 1 is 1.00 bits per heavy atom. The molecule has 1 fully saturated rings. The molecule has 0 unspecified atom stereocenters. The van der Waals surface area contributed by atoms with Crippen LogP contribution in [0.4, 0.5) is 0 Å². The molecule has 0 atom stereocenters. The summed E-state index contributed by atoms with van der Waals surface area (Å²) in [7, 11) is 0. The Morgan fingerprint density at radius 2 is 1.70 bits per heavy atom. The molecule has 0 spiro atoms. The van der Waals surface area contributed by atoms with Crippen molar-refractivity contribution >= 4 is 5.91 Å². The van der Waals surface area contributed by atoms with Crippen molar-refractivity contribution in [2.24, 2.45) is 0 Å². The number of ether oxygens (including phenoxy) is 1. The van der Waals surface area contributed by atoms with E-state index < -0.39 is 0 Å². The molecule has 5 heteroatoms. The minimum absolute atomic E-state index is 0.107. The standard InChI is InChI=1S/C22H29N3O2/c1-2-3-4-17-27-21-7-5-20(6-8-21)22(26)25-15-13-24(14-16-25)18-19-9-11-23-12-10-19/h5-12H,2-4,13-18H2,1H3. The molecule has 1 aliphatic heterocycles. The summed E-state index contributed by atoms with van der Waals surface area (Å²) >= 11 is 0. The van der Waals surface area contributed by atoms with Gasteiger partial charge < -0.3 is 9.64 Å². The lowest BCUT2D eigenvalue weighted by Crippen LogP contribution is -2.48. The summed E-state index contributed by atoms with van der Waals surface area (Å²) in [5, 5.41) is 0. The molecule has 1 aromatic carbocycles. The van der Waals surface area contributed by atoms with Gasteiger partial charge >= 0.3 is 0 Å². The van der Waals surface area contributed by atoms with Crippen molar-refractivity contribution < 1.29 is 9.53 Å². The van der Waals surface area contributed by atoms with E-state index in [2.05, 4.69) is 16.8 Å². The first-order valence-electron chi connectivity index (χ1n) is 9.89. The monoisotopic (exact) mass is 367 g/mol. The molecule has 1 amide bonds. The van der Waals surface area contributed by atoms with Gasteiger partial charge in [-0.1, -0.05) is 19.8 Å². The van der Waals surface area contributed by atoms with Crippen molar-refractivity contribution in [1.82, 2.24) is 14.8 Å². The third-order valence-corrected chi connectivity index (χ3v) is 4.93. The van der Waals surface area contributed by atoms with E-state index in [4.69, 9.17) is 4.74 Å². The van der Waals surface area contributed by atoms with Crippen molar-refractivity contribution in [3.8, 4) is 5.75 Å². The molecule has 2 heterocycles. The van der Waals surface area contributed by atoms with Crippen LogP contribution in [0.2, 0.25) is 0 Å². The van der Waals surface area contributed by atoms with Gasteiger partial charge in [-0.25, -0.2) is 0 Å². The van der Waals surface area contributed by atoms with E-state index in [0.29, 0.717) is 0 Å². The minimum atomic E-state index is 0.107. The first kappa shape index (κ1) is 19.4. The highest BCUT2D eigenvalue weighted by Gasteiger charge is 2.22. The van der Waals surface area contributed by atoms with E-state index in [1.807, 2.05) is 53.7 Å². The average molecular weight is 367 g/mol. The van der Waals surface area contributed by atoms with Crippen LogP contribution in [0.1, 0.15) is 42.1 Å². The number of carbonyl (C=O) groups excluding carboxylic acids is 1. The number of rotatable bonds is 8. The number of benzene rings is 1. The number of aromatic nitrogens is 1. The van der Waals surface area contributed by atoms with Crippen molar-refractivity contribution in [1.29, 1.82) is 0 Å². The molecule has 0 saturated carbocycles. The Hall–Kier alpha value is -2.40. The zero-order valence-electron chi connectivity index (χ0n) is 16.1. The Labute approximate surface area is 162 Å². The molecule has 144 valence electrons. The lowest BCUT2D eigenvalue weighted by Gasteiger charge is -2.34. The Bertz CT molecular complexity index is 695. The first-order chi connectivity index (χ1) is 13.3. The summed E-state index contributed by atoms with van der Waals surface area (Å²) in [4.78, 5) is 21.1. The zero-order chi connectivity index (χ0) is 18.9. The van der Waals surface area contributed by atoms with Crippen LogP contribution in [0.25, 0.3) is 0 Å². The Balaban J connectivity index is 1.46. The topological polar surface area (TPSA) is 45.7 Å². The second kappa shape index (κ2) is 10.1. The van der Waals surface area contributed by atoms with Crippen molar-refractivity contribution in [2.75, 3.05) is 32.8 Å². The van der Waals surface area contributed by atoms with Crippen molar-refractivity contribution in [3.05, 3.63) is 59.9 Å². The fourth-order valence-electron chi connectivity index (χ4n) is 3.27. The van der Waals surface area contributed by atoms with Crippen LogP contribution < -0.4 is 4.74 Å². The predicted molar refractivity (Wildman–Crippen MR) is 107 cm³/mol. The molecule has 0 N–H and O–H groups in total. The van der Waals surface area contributed by atoms with E-state index in [1.54, 1.807) is 0 Å². The van der Waals surface area contributed by atoms with Gasteiger partial charge in [-0.2, -0.15) is 0 Å². The number of nitrogens with zero attached hydrogens (tertiary/aromatic N) is 3. The number of carbonyl (C=O) groups is 1. The molecule has 1 saturated heterocycles. The highest BCUT2D eigenvalue weighted by Crippen LogP contribution is 2.16. The van der Waals surface area contributed by atoms with Gasteiger partial charge in [0.15, 0.2) is 0 Å². The van der Waals surface area contributed by atoms with Gasteiger partial charge in [0, 0.05) is 50.7 Å². The number of pyridine rings is 1. The second-order valence-corrected chi connectivity index (χ2v) is 7.00. The smallest absolute Gasteiger partial charge is 0.253 e. The van der Waals surface area contributed by atoms with Gasteiger partial charge in [-0.3, -0.25) is 14.7 Å². The highest BCUT2D eigenvalue weighted by atomic mass is 16.5. The SMILES string of the molecule is CCCCCOc1ccc(C(=O)N2CCN(Cc3ccncc3)CC2)cc1. The minimum Gasteiger partial charge on any atom is -0.494 e. The lowest BCUT2D eigenvalue weighted by atomic mass is 10.1. The Morgan fingerprint density at radius 3 is 2.37 bits per heavy atom. The number of hydrogen-bond donors (Lipinski definition) is 0. The predicted octanol–water partition coefficient (Wildman–Crippen LogP) is 3.61. The highest BCUT2D eigenvalue weighted by molar-refractivity contribution is 5.94. The maximum absolute atomic E-state index is 12.7. The molecule has 1 aromatic heterocycles. The Kier molecular flexibility index (Phi) is 7.22. The van der Waals surface area contributed by atoms with E-state index in [9.17, 15) is 4.79 Å². The molecule has 3 rings (SSSR count). The van der Waals surface area contributed by atoms with E-state index in [-0.39, 0.29) is 5.91 Å². The van der Waals surface area contributed by atoms with E-state index >= 15 is 0 Å². The lowest BCUT2D eigenvalue weighted by molar-refractivity contribution is 0.0628. The zero-order valence-corrected chi connectivity index (χ0v) is 16.1. The normalized spacial score (nSPS) is 14.9. The van der Waals surface area contributed by atoms with Gasteiger partial charge in [0.2, 0.25) is 0 Å². The maximum Gasteiger partial charge on any atom is 0.253 e. The average Bonchev–Trinajstić information content (AvgIpc) is 2.72. The molecule has 0 aliphatic carbocycles. The molecular weight excluding hydrogens is 338 g/mol.